The van der Waals surface area contributed by atoms with Crippen molar-refractivity contribution in [3.8, 4) is 0 Å². The summed E-state index contributed by atoms with van der Waals surface area (Å²) in [6, 6.07) is 0. The van der Waals surface area contributed by atoms with E-state index in [9.17, 15) is 5.11 Å². The summed E-state index contributed by atoms with van der Waals surface area (Å²) in [5.41, 5.74) is 1.07. The van der Waals surface area contributed by atoms with Crippen LogP contribution in [0.1, 0.15) is 15.6 Å². The molecule has 0 aliphatic heterocycles. The number of aromatic nitrogens is 1. The van der Waals surface area contributed by atoms with Crippen LogP contribution >= 0.6 is 11.3 Å². The zero-order valence-electron chi connectivity index (χ0n) is 10.1. The number of thiazole rings is 1. The van der Waals surface area contributed by atoms with Crippen molar-refractivity contribution in [1.29, 1.82) is 0 Å². The molecule has 1 atom stereocenters. The number of methoxy groups -OCH3 is 1. The highest BCUT2D eigenvalue weighted by molar-refractivity contribution is 7.11. The Kier molecular flexibility index (Phi) is 5.90. The van der Waals surface area contributed by atoms with Crippen molar-refractivity contribution in [2.75, 3.05) is 26.8 Å². The van der Waals surface area contributed by atoms with Crippen LogP contribution in [0.4, 0.5) is 0 Å². The second kappa shape index (κ2) is 6.96. The van der Waals surface area contributed by atoms with Gasteiger partial charge in [-0.2, -0.15) is 0 Å². The average Bonchev–Trinajstić information content (AvgIpc) is 2.53. The second-order valence-corrected chi connectivity index (χ2v) is 5.09. The van der Waals surface area contributed by atoms with Gasteiger partial charge in [0.2, 0.25) is 0 Å². The SMILES string of the molecule is COCCNCC(O)Cc1nc(C)c(C)s1. The van der Waals surface area contributed by atoms with Crippen molar-refractivity contribution in [3.05, 3.63) is 15.6 Å². The minimum absolute atomic E-state index is 0.373. The Morgan fingerprint density at radius 3 is 2.81 bits per heavy atom. The first kappa shape index (κ1) is 13.6. The molecular formula is C11H20N2O2S. The van der Waals surface area contributed by atoms with Crippen LogP contribution in [0.2, 0.25) is 0 Å². The topological polar surface area (TPSA) is 54.4 Å². The van der Waals surface area contributed by atoms with Crippen molar-refractivity contribution in [3.63, 3.8) is 0 Å². The number of aliphatic hydroxyl groups is 1. The number of hydrogen-bond acceptors (Lipinski definition) is 5. The molecule has 0 aliphatic rings. The van der Waals surface area contributed by atoms with Crippen molar-refractivity contribution in [2.45, 2.75) is 26.4 Å². The Bertz CT molecular complexity index is 295. The van der Waals surface area contributed by atoms with E-state index in [1.807, 2.05) is 6.92 Å². The van der Waals surface area contributed by atoms with Gasteiger partial charge in [-0.1, -0.05) is 0 Å². The number of nitrogens with one attached hydrogen (secondary N) is 1. The van der Waals surface area contributed by atoms with E-state index in [2.05, 4.69) is 17.2 Å². The lowest BCUT2D eigenvalue weighted by Crippen LogP contribution is -2.30. The summed E-state index contributed by atoms with van der Waals surface area (Å²) < 4.78 is 4.91. The van der Waals surface area contributed by atoms with E-state index in [1.165, 1.54) is 4.88 Å². The fraction of sp³-hybridized carbons (Fsp3) is 0.727. The predicted molar refractivity (Wildman–Crippen MR) is 66.0 cm³/mol. The average molecular weight is 244 g/mol. The third kappa shape index (κ3) is 4.57. The number of aliphatic hydroxyl groups excluding tert-OH is 1. The largest absolute Gasteiger partial charge is 0.391 e. The molecule has 4 nitrogen and oxygen atoms in total. The molecule has 0 fully saturated rings. The van der Waals surface area contributed by atoms with Crippen LogP contribution in [0.15, 0.2) is 0 Å². The molecule has 16 heavy (non-hydrogen) atoms. The molecule has 1 unspecified atom stereocenters. The van der Waals surface area contributed by atoms with Crippen LogP contribution < -0.4 is 5.32 Å². The Labute approximate surface area is 101 Å². The normalized spacial score (nSPS) is 13.0. The van der Waals surface area contributed by atoms with E-state index in [0.29, 0.717) is 19.6 Å². The van der Waals surface area contributed by atoms with Gasteiger partial charge < -0.3 is 15.2 Å². The standard InChI is InChI=1S/C11H20N2O2S/c1-8-9(2)16-11(13-8)6-10(14)7-12-4-5-15-3/h10,12,14H,4-7H2,1-3H3. The molecule has 1 aromatic heterocycles. The quantitative estimate of drug-likeness (QED) is 0.700. The zero-order chi connectivity index (χ0) is 12.0. The first-order valence-corrected chi connectivity index (χ1v) is 6.25. The number of aryl methyl sites for hydroxylation is 2. The molecule has 1 aromatic rings. The maximum absolute atomic E-state index is 9.77. The van der Waals surface area contributed by atoms with E-state index >= 15 is 0 Å². The van der Waals surface area contributed by atoms with Crippen molar-refractivity contribution in [1.82, 2.24) is 10.3 Å². The molecule has 0 bridgehead atoms. The molecule has 0 radical (unpaired) electrons. The molecule has 0 spiro atoms. The number of hydrogen-bond donors (Lipinski definition) is 2. The van der Waals surface area contributed by atoms with E-state index in [4.69, 9.17) is 4.74 Å². The summed E-state index contributed by atoms with van der Waals surface area (Å²) in [5, 5.41) is 13.9. The van der Waals surface area contributed by atoms with E-state index in [0.717, 1.165) is 17.2 Å². The molecule has 0 aliphatic carbocycles. The van der Waals surface area contributed by atoms with Crippen LogP contribution in [0, 0.1) is 13.8 Å². The van der Waals surface area contributed by atoms with Crippen molar-refractivity contribution < 1.29 is 9.84 Å². The summed E-state index contributed by atoms with van der Waals surface area (Å²) in [5.74, 6) is 0. The van der Waals surface area contributed by atoms with Gasteiger partial charge in [0.15, 0.2) is 0 Å². The number of rotatable bonds is 7. The van der Waals surface area contributed by atoms with Gasteiger partial charge in [0.05, 0.1) is 23.4 Å². The second-order valence-electron chi connectivity index (χ2n) is 3.80. The number of ether oxygens (including phenoxy) is 1. The molecule has 5 heteroatoms. The van der Waals surface area contributed by atoms with E-state index in [-0.39, 0.29) is 6.10 Å². The summed E-state index contributed by atoms with van der Waals surface area (Å²) in [6.07, 6.45) is 0.251. The first-order valence-electron chi connectivity index (χ1n) is 5.44. The third-order valence-corrected chi connectivity index (χ3v) is 3.44. The molecule has 1 rings (SSSR count). The molecule has 0 saturated heterocycles. The Morgan fingerprint density at radius 2 is 2.25 bits per heavy atom. The van der Waals surface area contributed by atoms with Crippen LogP contribution in [0.25, 0.3) is 0 Å². The maximum atomic E-state index is 9.77. The van der Waals surface area contributed by atoms with Crippen molar-refractivity contribution in [2.24, 2.45) is 0 Å². The van der Waals surface area contributed by atoms with Crippen LogP contribution in [0.5, 0.6) is 0 Å². The summed E-state index contributed by atoms with van der Waals surface area (Å²) in [7, 11) is 1.67. The van der Waals surface area contributed by atoms with Gasteiger partial charge in [0.25, 0.3) is 0 Å². The monoisotopic (exact) mass is 244 g/mol. The third-order valence-electron chi connectivity index (χ3n) is 2.35. The fourth-order valence-corrected chi connectivity index (χ4v) is 2.35. The molecule has 2 N–H and O–H groups in total. The van der Waals surface area contributed by atoms with Gasteiger partial charge in [0, 0.05) is 31.5 Å². The van der Waals surface area contributed by atoms with E-state index < -0.39 is 0 Å². The van der Waals surface area contributed by atoms with Gasteiger partial charge in [-0.15, -0.1) is 11.3 Å². The van der Waals surface area contributed by atoms with Gasteiger partial charge in [0.1, 0.15) is 0 Å². The Morgan fingerprint density at radius 1 is 1.50 bits per heavy atom. The minimum Gasteiger partial charge on any atom is -0.391 e. The summed E-state index contributed by atoms with van der Waals surface area (Å²) in [6.45, 7) is 6.07. The molecule has 0 amide bonds. The Hall–Kier alpha value is -0.490. The van der Waals surface area contributed by atoms with Crippen LogP contribution in [0.3, 0.4) is 0 Å². The molecule has 1 heterocycles. The van der Waals surface area contributed by atoms with Gasteiger partial charge >= 0.3 is 0 Å². The van der Waals surface area contributed by atoms with Crippen molar-refractivity contribution >= 4 is 11.3 Å². The van der Waals surface area contributed by atoms with Crippen LogP contribution in [-0.2, 0) is 11.2 Å². The maximum Gasteiger partial charge on any atom is 0.0957 e. The highest BCUT2D eigenvalue weighted by Crippen LogP contribution is 2.17. The lowest BCUT2D eigenvalue weighted by molar-refractivity contribution is 0.160. The highest BCUT2D eigenvalue weighted by atomic mass is 32.1. The molecule has 0 saturated carbocycles. The smallest absolute Gasteiger partial charge is 0.0957 e. The minimum atomic E-state index is -0.373. The van der Waals surface area contributed by atoms with Gasteiger partial charge in [-0.3, -0.25) is 0 Å². The predicted octanol–water partition coefficient (Wildman–Crippen LogP) is 0.899. The Balaban J connectivity index is 2.25. The summed E-state index contributed by atoms with van der Waals surface area (Å²) >= 11 is 1.66. The fourth-order valence-electron chi connectivity index (χ4n) is 1.34. The summed E-state index contributed by atoms with van der Waals surface area (Å²) in [4.78, 5) is 5.63. The molecule has 0 aromatic carbocycles. The lowest BCUT2D eigenvalue weighted by atomic mass is 10.2. The highest BCUT2D eigenvalue weighted by Gasteiger charge is 2.09. The lowest BCUT2D eigenvalue weighted by Gasteiger charge is -2.09. The van der Waals surface area contributed by atoms with E-state index in [1.54, 1.807) is 18.4 Å². The molecule has 92 valence electrons. The first-order chi connectivity index (χ1) is 7.63. The molecular weight excluding hydrogens is 224 g/mol. The zero-order valence-corrected chi connectivity index (χ0v) is 10.9. The van der Waals surface area contributed by atoms with Gasteiger partial charge in [-0.25, -0.2) is 4.98 Å². The van der Waals surface area contributed by atoms with Gasteiger partial charge in [-0.05, 0) is 13.8 Å². The number of nitrogens with zero attached hydrogens (tertiary/aromatic N) is 1. The van der Waals surface area contributed by atoms with Crippen LogP contribution in [-0.4, -0.2) is 43.0 Å².